The van der Waals surface area contributed by atoms with Crippen LogP contribution in [-0.2, 0) is 55.9 Å². The average Bonchev–Trinajstić information content (AvgIpc) is 4.00. The number of benzene rings is 3. The van der Waals surface area contributed by atoms with Crippen LogP contribution in [0.5, 0.6) is 5.75 Å². The molecule has 3 fully saturated rings. The second kappa shape index (κ2) is 16.4. The maximum atomic E-state index is 15.7. The first-order valence-electron chi connectivity index (χ1n) is 23.9. The highest BCUT2D eigenvalue weighted by molar-refractivity contribution is 7.89. The van der Waals surface area contributed by atoms with Gasteiger partial charge in [-0.05, 0) is 86.4 Å². The van der Waals surface area contributed by atoms with Crippen molar-refractivity contribution in [1.82, 2.24) is 19.5 Å². The van der Waals surface area contributed by atoms with Crippen LogP contribution in [0.3, 0.4) is 0 Å². The summed E-state index contributed by atoms with van der Waals surface area (Å²) >= 11 is 0. The molecule has 5 aliphatic heterocycles. The van der Waals surface area contributed by atoms with E-state index >= 15 is 4.79 Å². The minimum atomic E-state index is -3.94. The van der Waals surface area contributed by atoms with Crippen molar-refractivity contribution in [2.75, 3.05) is 66.0 Å². The van der Waals surface area contributed by atoms with Gasteiger partial charge in [0.1, 0.15) is 11.2 Å². The maximum absolute atomic E-state index is 15.7. The molecule has 68 heavy (non-hydrogen) atoms. The van der Waals surface area contributed by atoms with Crippen LogP contribution in [0.4, 0.5) is 5.69 Å². The van der Waals surface area contributed by atoms with Crippen LogP contribution in [0.25, 0.3) is 10.9 Å². The molecule has 0 radical (unpaired) electrons. The molecule has 10 rings (SSSR count). The van der Waals surface area contributed by atoms with Crippen LogP contribution in [0.15, 0.2) is 83.8 Å². The van der Waals surface area contributed by atoms with Crippen molar-refractivity contribution in [3.05, 3.63) is 101 Å². The lowest BCUT2D eigenvalue weighted by Gasteiger charge is -2.63. The summed E-state index contributed by atoms with van der Waals surface area (Å²) in [5.74, 6) is -1.88. The summed E-state index contributed by atoms with van der Waals surface area (Å²) in [5, 5.41) is 14.4. The van der Waals surface area contributed by atoms with E-state index in [-0.39, 0.29) is 23.3 Å². The summed E-state index contributed by atoms with van der Waals surface area (Å²) in [4.78, 5) is 53.9. The van der Waals surface area contributed by atoms with Gasteiger partial charge in [-0.2, -0.15) is 0 Å². The Morgan fingerprint density at radius 1 is 0.912 bits per heavy atom. The number of nitrogens with one attached hydrogen (secondary N) is 2. The third kappa shape index (κ3) is 6.35. The van der Waals surface area contributed by atoms with Gasteiger partial charge in [0.05, 0.1) is 32.3 Å². The lowest BCUT2D eigenvalue weighted by atomic mass is 9.47. The van der Waals surface area contributed by atoms with Gasteiger partial charge >= 0.3 is 17.9 Å². The van der Waals surface area contributed by atoms with E-state index in [9.17, 15) is 23.1 Å². The molecule has 1 spiro atoms. The molecular weight excluding hydrogens is 887 g/mol. The molecule has 0 amide bonds. The molecule has 2 bridgehead atoms. The third-order valence-corrected chi connectivity index (χ3v) is 18.6. The van der Waals surface area contributed by atoms with Crippen molar-refractivity contribution in [3.63, 3.8) is 0 Å². The molecule has 6 aliphatic rings. The number of carbonyl (C=O) groups is 3. The van der Waals surface area contributed by atoms with Gasteiger partial charge in [0, 0.05) is 96.5 Å². The van der Waals surface area contributed by atoms with Crippen molar-refractivity contribution >= 4 is 44.5 Å². The van der Waals surface area contributed by atoms with Crippen LogP contribution in [0.1, 0.15) is 75.3 Å². The van der Waals surface area contributed by atoms with E-state index in [0.29, 0.717) is 87.5 Å². The average molecular weight is 950 g/mol. The van der Waals surface area contributed by atoms with Crippen LogP contribution in [0, 0.1) is 11.3 Å². The Hall–Kier alpha value is -5.26. The van der Waals surface area contributed by atoms with Crippen LogP contribution < -0.4 is 14.4 Å². The first kappa shape index (κ1) is 46.5. The molecule has 3 aromatic carbocycles. The Bertz CT molecular complexity index is 2840. The molecule has 1 aliphatic carbocycles. The molecule has 3 N–H and O–H groups in total. The van der Waals surface area contributed by atoms with Gasteiger partial charge in [0.15, 0.2) is 6.10 Å². The van der Waals surface area contributed by atoms with Crippen LogP contribution in [-0.4, -0.2) is 137 Å². The number of likely N-dealkylation sites (N-methyl/N-ethyl adjacent to an activating group) is 1. The SMILES string of the molecule is CC[C@]1(NS(=O)(=O)c2ccccc2)C[C@H]2CN(CCc3c([nH]c4ccccc34)[C@@](C(=O)OC)(c3cc4c(cc3OC)N(C)[C@H]3[C@@](O)(C(=O)OC)[C@H](OC(C)=O)[C@]5(CC)C=CCN6CC[C@]43[C@@H]65)C2)C1. The van der Waals surface area contributed by atoms with Gasteiger partial charge < -0.3 is 38.8 Å². The Labute approximate surface area is 398 Å². The topological polar surface area (TPSA) is 180 Å². The highest BCUT2D eigenvalue weighted by Gasteiger charge is 2.80. The first-order chi connectivity index (χ1) is 32.5. The molecule has 1 unspecified atom stereocenters. The van der Waals surface area contributed by atoms with Gasteiger partial charge in [0.2, 0.25) is 15.6 Å². The summed E-state index contributed by atoms with van der Waals surface area (Å²) in [7, 11) is 2.13. The first-order valence-corrected chi connectivity index (χ1v) is 25.4. The summed E-state index contributed by atoms with van der Waals surface area (Å²) in [6, 6.07) is 19.1. The smallest absolute Gasteiger partial charge is 0.344 e. The Morgan fingerprint density at radius 3 is 2.34 bits per heavy atom. The zero-order valence-electron chi connectivity index (χ0n) is 40.0. The molecular formula is C52H63N5O10S. The van der Waals surface area contributed by atoms with E-state index in [1.165, 1.54) is 21.1 Å². The number of hydrogen-bond acceptors (Lipinski definition) is 13. The van der Waals surface area contributed by atoms with Crippen LogP contribution >= 0.6 is 0 Å². The summed E-state index contributed by atoms with van der Waals surface area (Å²) in [6.45, 7) is 8.23. The number of nitrogens with zero attached hydrogens (tertiary/aromatic N) is 3. The maximum Gasteiger partial charge on any atom is 0.344 e. The number of ether oxygens (including phenoxy) is 4. The monoisotopic (exact) mass is 949 g/mol. The number of sulfonamides is 1. The fourth-order valence-corrected chi connectivity index (χ4v) is 16.1. The molecule has 10 atom stereocenters. The second-order valence-electron chi connectivity index (χ2n) is 20.2. The number of aromatic nitrogens is 1. The zero-order valence-corrected chi connectivity index (χ0v) is 40.8. The minimum Gasteiger partial charge on any atom is -0.496 e. The molecule has 2 saturated heterocycles. The lowest BCUT2D eigenvalue weighted by Crippen LogP contribution is -2.81. The Morgan fingerprint density at radius 2 is 1.65 bits per heavy atom. The number of esters is 3. The molecule has 362 valence electrons. The van der Waals surface area contributed by atoms with Gasteiger partial charge in [-0.1, -0.05) is 62.4 Å². The number of piperidine rings is 1. The number of carbonyl (C=O) groups excluding carboxylic acids is 3. The quantitative estimate of drug-likeness (QED) is 0.110. The standard InChI is InChI=1S/C52H63N5O10S/c1-8-48(54-68(62,63)34-16-11-10-12-17-34)28-33-29-51(46(59)65-6,42-36(20-24-56(30-33)31-48)35-18-13-14-19-39(35)53-42)38-26-37-40(27-41(38)64-5)55(4)44-50(37)22-25-57-23-15-21-49(9-2,43(50)57)45(67-32(3)58)52(44,61)47(60)66-7/h10-19,21,26-27,33,43-45,53-54,61H,8-9,20,22-25,28-31H2,1-7H3/t33-,43+,44-,45-,48+,49-,50-,51+,52+/m1/s1. The molecule has 4 aromatic rings. The number of fused-ring (bicyclic) bond motifs is 6. The lowest BCUT2D eigenvalue weighted by molar-refractivity contribution is -0.228. The van der Waals surface area contributed by atoms with Gasteiger partial charge in [-0.25, -0.2) is 17.9 Å². The van der Waals surface area contributed by atoms with E-state index in [2.05, 4.69) is 31.6 Å². The van der Waals surface area contributed by atoms with E-state index < -0.39 is 67.5 Å². The van der Waals surface area contributed by atoms with Crippen molar-refractivity contribution in [2.24, 2.45) is 11.3 Å². The Kier molecular flexibility index (Phi) is 11.2. The molecule has 16 heteroatoms. The van der Waals surface area contributed by atoms with E-state index in [4.69, 9.17) is 18.9 Å². The number of para-hydroxylation sites is 1. The fraction of sp³-hybridized carbons (Fsp3) is 0.519. The third-order valence-electron chi connectivity index (χ3n) is 17.0. The van der Waals surface area contributed by atoms with E-state index in [1.807, 2.05) is 62.2 Å². The number of rotatable bonds is 10. The van der Waals surface area contributed by atoms with Crippen molar-refractivity contribution < 1.29 is 46.9 Å². The van der Waals surface area contributed by atoms with Crippen molar-refractivity contribution in [1.29, 1.82) is 0 Å². The largest absolute Gasteiger partial charge is 0.496 e. The van der Waals surface area contributed by atoms with E-state index in [1.54, 1.807) is 37.4 Å². The van der Waals surface area contributed by atoms with Gasteiger partial charge in [0.25, 0.3) is 0 Å². The number of aromatic amines is 1. The molecule has 6 heterocycles. The molecule has 1 aromatic heterocycles. The Balaban J connectivity index is 1.23. The predicted octanol–water partition coefficient (Wildman–Crippen LogP) is 4.98. The van der Waals surface area contributed by atoms with Crippen molar-refractivity contribution in [2.45, 2.75) is 104 Å². The summed E-state index contributed by atoms with van der Waals surface area (Å²) in [5.41, 5.74) is -2.19. The summed E-state index contributed by atoms with van der Waals surface area (Å²) < 4.78 is 55.8. The highest BCUT2D eigenvalue weighted by Crippen LogP contribution is 2.68. The molecule has 1 saturated carbocycles. The van der Waals surface area contributed by atoms with Gasteiger partial charge in [-0.15, -0.1) is 0 Å². The zero-order chi connectivity index (χ0) is 48.2. The summed E-state index contributed by atoms with van der Waals surface area (Å²) in [6.07, 6.45) is 5.44. The second-order valence-corrected chi connectivity index (χ2v) is 21.9. The predicted molar refractivity (Wildman–Crippen MR) is 255 cm³/mol. The minimum absolute atomic E-state index is 0.189. The highest BCUT2D eigenvalue weighted by atomic mass is 32.2. The number of hydrogen-bond donors (Lipinski definition) is 3. The number of anilines is 1. The van der Waals surface area contributed by atoms with E-state index in [0.717, 1.165) is 22.0 Å². The number of aliphatic hydroxyl groups is 1. The number of H-pyrrole nitrogens is 1. The van der Waals surface area contributed by atoms with Crippen molar-refractivity contribution in [3.8, 4) is 5.75 Å². The number of methoxy groups -OCH3 is 3. The molecule has 15 nitrogen and oxygen atoms in total. The fourth-order valence-electron chi connectivity index (χ4n) is 14.6. The van der Waals surface area contributed by atoms with Crippen LogP contribution in [0.2, 0.25) is 0 Å². The van der Waals surface area contributed by atoms with Gasteiger partial charge in [-0.3, -0.25) is 14.5 Å². The normalized spacial score (nSPS) is 33.8.